The molecule has 0 saturated heterocycles. The number of carbonyl (C=O) groups excluding carboxylic acids is 1. The maximum atomic E-state index is 10.7. The van der Waals surface area contributed by atoms with Gasteiger partial charge in [-0.1, -0.05) is 24.3 Å². The van der Waals surface area contributed by atoms with Crippen LogP contribution in [-0.4, -0.2) is 11.9 Å². The molecular formula is C8H7Cl3OSi. The SMILES string of the molecule is C[Si](Cl)(Cl)c1ccc(C(=O)Cl)cc1. The Balaban J connectivity index is 3.01. The molecule has 0 spiro atoms. The molecule has 0 aliphatic heterocycles. The zero-order chi connectivity index (χ0) is 10.1. The highest BCUT2D eigenvalue weighted by Gasteiger charge is 2.23. The summed E-state index contributed by atoms with van der Waals surface area (Å²) in [7, 11) is 0. The van der Waals surface area contributed by atoms with Gasteiger partial charge in [-0.05, 0) is 23.3 Å². The number of hydrogen-bond acceptors (Lipinski definition) is 1. The monoisotopic (exact) mass is 252 g/mol. The van der Waals surface area contributed by atoms with Crippen LogP contribution >= 0.6 is 33.8 Å². The second-order valence-corrected chi connectivity index (χ2v) is 10.6. The first-order chi connectivity index (χ1) is 5.91. The number of rotatable bonds is 2. The molecule has 70 valence electrons. The molecule has 1 aromatic rings. The van der Waals surface area contributed by atoms with Crippen molar-refractivity contribution in [2.75, 3.05) is 0 Å². The lowest BCUT2D eigenvalue weighted by atomic mass is 10.2. The molecule has 0 aliphatic rings. The van der Waals surface area contributed by atoms with Crippen molar-refractivity contribution in [3.8, 4) is 0 Å². The molecule has 0 amide bonds. The van der Waals surface area contributed by atoms with Crippen LogP contribution in [0, 0.1) is 0 Å². The summed E-state index contributed by atoms with van der Waals surface area (Å²) in [5.41, 5.74) is 0.456. The quantitative estimate of drug-likeness (QED) is 0.450. The van der Waals surface area contributed by atoms with E-state index in [0.29, 0.717) is 5.56 Å². The average molecular weight is 254 g/mol. The van der Waals surface area contributed by atoms with E-state index in [4.69, 9.17) is 33.8 Å². The van der Waals surface area contributed by atoms with Crippen LogP contribution < -0.4 is 5.19 Å². The van der Waals surface area contributed by atoms with Gasteiger partial charge in [0.2, 0.25) is 0 Å². The lowest BCUT2D eigenvalue weighted by Gasteiger charge is -2.10. The van der Waals surface area contributed by atoms with Crippen molar-refractivity contribution >= 4 is 50.9 Å². The fourth-order valence-electron chi connectivity index (χ4n) is 0.894. The number of hydrogen-bond donors (Lipinski definition) is 0. The molecule has 0 saturated carbocycles. The van der Waals surface area contributed by atoms with E-state index in [1.807, 2.05) is 0 Å². The van der Waals surface area contributed by atoms with Crippen molar-refractivity contribution in [2.24, 2.45) is 0 Å². The first-order valence-electron chi connectivity index (χ1n) is 3.59. The van der Waals surface area contributed by atoms with Crippen LogP contribution in [-0.2, 0) is 0 Å². The Hall–Kier alpha value is -0.0231. The lowest BCUT2D eigenvalue weighted by Crippen LogP contribution is -2.32. The molecule has 0 fully saturated rings. The highest BCUT2D eigenvalue weighted by atomic mass is 35.7. The third-order valence-corrected chi connectivity index (χ3v) is 4.49. The van der Waals surface area contributed by atoms with Gasteiger partial charge in [0, 0.05) is 5.56 Å². The van der Waals surface area contributed by atoms with Gasteiger partial charge in [-0.15, -0.1) is 22.2 Å². The van der Waals surface area contributed by atoms with Gasteiger partial charge in [-0.2, -0.15) is 0 Å². The largest absolute Gasteiger partial charge is 0.277 e. The fraction of sp³-hybridized carbons (Fsp3) is 0.125. The summed E-state index contributed by atoms with van der Waals surface area (Å²) in [6.07, 6.45) is 0. The number of carbonyl (C=O) groups is 1. The van der Waals surface area contributed by atoms with Crippen molar-refractivity contribution in [2.45, 2.75) is 6.55 Å². The van der Waals surface area contributed by atoms with E-state index >= 15 is 0 Å². The highest BCUT2D eigenvalue weighted by molar-refractivity contribution is 7.50. The van der Waals surface area contributed by atoms with E-state index in [9.17, 15) is 4.79 Å². The van der Waals surface area contributed by atoms with Gasteiger partial charge in [0.15, 0.2) is 0 Å². The second kappa shape index (κ2) is 4.01. The van der Waals surface area contributed by atoms with Gasteiger partial charge >= 0.3 is 0 Å². The van der Waals surface area contributed by atoms with Gasteiger partial charge in [0.05, 0.1) is 0 Å². The standard InChI is InChI=1S/C8H7Cl3OSi/c1-13(10,11)7-4-2-6(3-5-7)8(9)12/h2-5H,1H3. The first kappa shape index (κ1) is 11.1. The third-order valence-electron chi connectivity index (χ3n) is 1.62. The molecule has 0 bridgehead atoms. The van der Waals surface area contributed by atoms with Gasteiger partial charge in [-0.3, -0.25) is 4.79 Å². The van der Waals surface area contributed by atoms with E-state index in [0.717, 1.165) is 5.19 Å². The normalized spacial score (nSPS) is 11.4. The Kier molecular flexibility index (Phi) is 3.41. The first-order valence-corrected chi connectivity index (χ1v) is 8.49. The summed E-state index contributed by atoms with van der Waals surface area (Å²) >= 11 is 17.2. The molecule has 0 N–H and O–H groups in total. The van der Waals surface area contributed by atoms with Gasteiger partial charge in [0.25, 0.3) is 11.9 Å². The van der Waals surface area contributed by atoms with Crippen molar-refractivity contribution < 1.29 is 4.79 Å². The van der Waals surface area contributed by atoms with Crippen LogP contribution in [0.4, 0.5) is 0 Å². The van der Waals surface area contributed by atoms with E-state index < -0.39 is 11.9 Å². The summed E-state index contributed by atoms with van der Waals surface area (Å²) in [5, 5.41) is 0.400. The Morgan fingerprint density at radius 2 is 1.69 bits per heavy atom. The summed E-state index contributed by atoms with van der Waals surface area (Å²) in [6, 6.07) is 6.73. The summed E-state index contributed by atoms with van der Waals surface area (Å²) < 4.78 is 0. The zero-order valence-electron chi connectivity index (χ0n) is 6.85. The van der Waals surface area contributed by atoms with E-state index in [2.05, 4.69) is 0 Å². The second-order valence-electron chi connectivity index (χ2n) is 2.74. The maximum absolute atomic E-state index is 10.7. The molecule has 5 heteroatoms. The maximum Gasteiger partial charge on any atom is 0.277 e. The average Bonchev–Trinajstić information content (AvgIpc) is 2.03. The van der Waals surface area contributed by atoms with E-state index in [1.54, 1.807) is 30.8 Å². The topological polar surface area (TPSA) is 17.1 Å². The lowest BCUT2D eigenvalue weighted by molar-refractivity contribution is 0.108. The molecule has 0 atom stereocenters. The minimum atomic E-state index is -2.30. The van der Waals surface area contributed by atoms with Gasteiger partial charge < -0.3 is 0 Å². The van der Waals surface area contributed by atoms with Crippen molar-refractivity contribution in [1.29, 1.82) is 0 Å². The Morgan fingerprint density at radius 3 is 2.00 bits per heavy atom. The van der Waals surface area contributed by atoms with Crippen LogP contribution in [0.3, 0.4) is 0 Å². The molecule has 1 aromatic carbocycles. The highest BCUT2D eigenvalue weighted by Crippen LogP contribution is 2.14. The summed E-state index contributed by atoms with van der Waals surface area (Å²) in [6.45, 7) is -0.502. The minimum absolute atomic E-state index is 0.456. The Morgan fingerprint density at radius 1 is 1.23 bits per heavy atom. The minimum Gasteiger partial charge on any atom is -0.276 e. The van der Waals surface area contributed by atoms with Crippen molar-refractivity contribution in [3.63, 3.8) is 0 Å². The fourth-order valence-corrected chi connectivity index (χ4v) is 2.53. The molecule has 1 nitrogen and oxygen atoms in total. The van der Waals surface area contributed by atoms with Gasteiger partial charge in [-0.25, -0.2) is 0 Å². The Bertz CT molecular complexity index is 315. The van der Waals surface area contributed by atoms with E-state index in [-0.39, 0.29) is 0 Å². The molecule has 1 rings (SSSR count). The van der Waals surface area contributed by atoms with Crippen molar-refractivity contribution in [3.05, 3.63) is 29.8 Å². The number of halogens is 3. The Labute approximate surface area is 92.0 Å². The molecule has 0 radical (unpaired) electrons. The molecule has 0 aliphatic carbocycles. The smallest absolute Gasteiger partial charge is 0.276 e. The van der Waals surface area contributed by atoms with Crippen molar-refractivity contribution in [1.82, 2.24) is 0 Å². The molecule has 0 aromatic heterocycles. The van der Waals surface area contributed by atoms with Gasteiger partial charge in [0.1, 0.15) is 0 Å². The van der Waals surface area contributed by atoms with Crippen LogP contribution in [0.1, 0.15) is 10.4 Å². The van der Waals surface area contributed by atoms with Crippen LogP contribution in [0.25, 0.3) is 0 Å². The zero-order valence-corrected chi connectivity index (χ0v) is 10.1. The third kappa shape index (κ3) is 2.99. The molecular weight excluding hydrogens is 247 g/mol. The van der Waals surface area contributed by atoms with E-state index in [1.165, 1.54) is 0 Å². The molecule has 13 heavy (non-hydrogen) atoms. The summed E-state index contributed by atoms with van der Waals surface area (Å²) in [4.78, 5) is 10.7. The van der Waals surface area contributed by atoms with Crippen LogP contribution in [0.15, 0.2) is 24.3 Å². The van der Waals surface area contributed by atoms with Crippen LogP contribution in [0.5, 0.6) is 0 Å². The number of benzene rings is 1. The molecule has 0 heterocycles. The van der Waals surface area contributed by atoms with Crippen LogP contribution in [0.2, 0.25) is 6.55 Å². The predicted octanol–water partition coefficient (Wildman–Crippen LogP) is 2.82. The predicted molar refractivity (Wildman–Crippen MR) is 59.6 cm³/mol. The molecule has 0 unspecified atom stereocenters. The summed E-state index contributed by atoms with van der Waals surface area (Å²) in [5.74, 6) is 0.